The molecule has 0 fully saturated rings. The minimum Gasteiger partial charge on any atom is -0.508 e. The first-order chi connectivity index (χ1) is 8.61. The Bertz CT molecular complexity index is 405. The molecule has 3 heteroatoms. The lowest BCUT2D eigenvalue weighted by molar-refractivity contribution is 0.274. The molecule has 1 aliphatic rings. The Kier molecular flexibility index (Phi) is 4.57. The van der Waals surface area contributed by atoms with Crippen molar-refractivity contribution in [2.45, 2.75) is 37.5 Å². The summed E-state index contributed by atoms with van der Waals surface area (Å²) in [7, 11) is 4.33. The zero-order valence-electron chi connectivity index (χ0n) is 11.5. The number of nitrogens with zero attached hydrogens (tertiary/aromatic N) is 1. The molecule has 0 saturated heterocycles. The van der Waals surface area contributed by atoms with E-state index < -0.39 is 0 Å². The van der Waals surface area contributed by atoms with Crippen molar-refractivity contribution >= 4 is 11.8 Å². The molecule has 0 radical (unpaired) electrons. The van der Waals surface area contributed by atoms with Gasteiger partial charge < -0.3 is 10.0 Å². The van der Waals surface area contributed by atoms with Gasteiger partial charge in [0, 0.05) is 11.3 Å². The Morgan fingerprint density at radius 2 is 2.06 bits per heavy atom. The Morgan fingerprint density at radius 3 is 2.72 bits per heavy atom. The second-order valence-electron chi connectivity index (χ2n) is 5.30. The van der Waals surface area contributed by atoms with Gasteiger partial charge in [0.15, 0.2) is 0 Å². The average Bonchev–Trinajstić information content (AvgIpc) is 2.35. The molecule has 0 heterocycles. The molecule has 0 amide bonds. The highest BCUT2D eigenvalue weighted by atomic mass is 32.2. The van der Waals surface area contributed by atoms with Gasteiger partial charge in [0.2, 0.25) is 0 Å². The lowest BCUT2D eigenvalue weighted by Gasteiger charge is -2.37. The maximum atomic E-state index is 9.60. The topological polar surface area (TPSA) is 23.5 Å². The van der Waals surface area contributed by atoms with E-state index in [1.54, 1.807) is 0 Å². The molecule has 18 heavy (non-hydrogen) atoms. The summed E-state index contributed by atoms with van der Waals surface area (Å²) in [5, 5.41) is 10.3. The van der Waals surface area contributed by atoms with Gasteiger partial charge in [0.1, 0.15) is 5.75 Å². The molecule has 1 aromatic carbocycles. The van der Waals surface area contributed by atoms with Gasteiger partial charge in [0.05, 0.1) is 0 Å². The predicted octanol–water partition coefficient (Wildman–Crippen LogP) is 2.93. The van der Waals surface area contributed by atoms with Crippen molar-refractivity contribution in [3.63, 3.8) is 0 Å². The van der Waals surface area contributed by atoms with E-state index in [9.17, 15) is 5.11 Å². The van der Waals surface area contributed by atoms with Crippen molar-refractivity contribution in [3.8, 4) is 5.75 Å². The van der Waals surface area contributed by atoms with Crippen molar-refractivity contribution in [1.82, 2.24) is 4.90 Å². The van der Waals surface area contributed by atoms with Crippen LogP contribution < -0.4 is 0 Å². The second kappa shape index (κ2) is 5.98. The first-order valence-electron chi connectivity index (χ1n) is 6.70. The highest BCUT2D eigenvalue weighted by Crippen LogP contribution is 2.33. The molecule has 0 spiro atoms. The van der Waals surface area contributed by atoms with Crippen LogP contribution in [0, 0.1) is 0 Å². The van der Waals surface area contributed by atoms with Crippen molar-refractivity contribution in [3.05, 3.63) is 29.3 Å². The summed E-state index contributed by atoms with van der Waals surface area (Å²) >= 11 is 2.10. The van der Waals surface area contributed by atoms with Gasteiger partial charge in [-0.15, -0.1) is 0 Å². The van der Waals surface area contributed by atoms with E-state index in [4.69, 9.17) is 0 Å². The Hall–Kier alpha value is -0.670. The number of phenolic OH excluding ortho intramolecular Hbond substituents is 1. The highest BCUT2D eigenvalue weighted by Gasteiger charge is 2.30. The fourth-order valence-corrected chi connectivity index (χ4v) is 4.06. The molecule has 2 rings (SSSR count). The third-order valence-corrected chi connectivity index (χ3v) is 5.22. The van der Waals surface area contributed by atoms with Crippen LogP contribution in [0.3, 0.4) is 0 Å². The molecule has 0 aromatic heterocycles. The van der Waals surface area contributed by atoms with Crippen LogP contribution in [0.1, 0.15) is 24.5 Å². The number of hydrogen-bond acceptors (Lipinski definition) is 3. The summed E-state index contributed by atoms with van der Waals surface area (Å²) in [5.41, 5.74) is 2.74. The largest absolute Gasteiger partial charge is 0.508 e. The van der Waals surface area contributed by atoms with Crippen LogP contribution in [0.4, 0.5) is 0 Å². The van der Waals surface area contributed by atoms with Crippen molar-refractivity contribution in [2.75, 3.05) is 19.8 Å². The van der Waals surface area contributed by atoms with E-state index in [0.717, 1.165) is 12.8 Å². The summed E-state index contributed by atoms with van der Waals surface area (Å²) in [6.45, 7) is 2.24. The van der Waals surface area contributed by atoms with Gasteiger partial charge in [-0.25, -0.2) is 0 Å². The summed E-state index contributed by atoms with van der Waals surface area (Å²) in [6, 6.07) is 6.43. The fourth-order valence-electron chi connectivity index (χ4n) is 2.67. The third-order valence-electron chi connectivity index (χ3n) is 3.67. The SMILES string of the molecule is CCCSC1Cc2ccc(O)cc2CC1N(C)C. The Morgan fingerprint density at radius 1 is 1.28 bits per heavy atom. The van der Waals surface area contributed by atoms with Crippen molar-refractivity contribution in [2.24, 2.45) is 0 Å². The monoisotopic (exact) mass is 265 g/mol. The molecule has 1 aliphatic carbocycles. The highest BCUT2D eigenvalue weighted by molar-refractivity contribution is 7.99. The van der Waals surface area contributed by atoms with E-state index in [1.807, 2.05) is 12.1 Å². The fraction of sp³-hybridized carbons (Fsp3) is 0.600. The van der Waals surface area contributed by atoms with Gasteiger partial charge >= 0.3 is 0 Å². The van der Waals surface area contributed by atoms with E-state index in [0.29, 0.717) is 17.0 Å². The summed E-state index contributed by atoms with van der Waals surface area (Å²) in [4.78, 5) is 2.33. The van der Waals surface area contributed by atoms with Crippen LogP contribution in [0.2, 0.25) is 0 Å². The predicted molar refractivity (Wildman–Crippen MR) is 79.5 cm³/mol. The summed E-state index contributed by atoms with van der Waals surface area (Å²) in [5.74, 6) is 1.63. The van der Waals surface area contributed by atoms with Crippen LogP contribution in [-0.2, 0) is 12.8 Å². The number of thioether (sulfide) groups is 1. The molecule has 0 saturated carbocycles. The Balaban J connectivity index is 2.20. The minimum absolute atomic E-state index is 0.394. The minimum atomic E-state index is 0.394. The lowest BCUT2D eigenvalue weighted by Crippen LogP contribution is -2.43. The standard InChI is InChI=1S/C15H23NOS/c1-4-7-18-15-10-11-5-6-13(17)8-12(11)9-14(15)16(2)3/h5-6,8,14-15,17H,4,7,9-10H2,1-3H3. The van der Waals surface area contributed by atoms with Gasteiger partial charge in [-0.3, -0.25) is 0 Å². The summed E-state index contributed by atoms with van der Waals surface area (Å²) < 4.78 is 0. The molecule has 2 unspecified atom stereocenters. The van der Waals surface area contributed by atoms with Crippen molar-refractivity contribution < 1.29 is 5.11 Å². The van der Waals surface area contributed by atoms with Crippen molar-refractivity contribution in [1.29, 1.82) is 0 Å². The number of fused-ring (bicyclic) bond motifs is 1. The van der Waals surface area contributed by atoms with E-state index in [-0.39, 0.29) is 0 Å². The number of hydrogen-bond donors (Lipinski definition) is 1. The molecule has 0 aliphatic heterocycles. The molecule has 100 valence electrons. The molecule has 1 aromatic rings. The van der Waals surface area contributed by atoms with Crippen LogP contribution in [0.5, 0.6) is 5.75 Å². The number of likely N-dealkylation sites (N-methyl/N-ethyl adjacent to an activating group) is 1. The Labute approximate surface area is 114 Å². The normalized spacial score (nSPS) is 23.1. The third kappa shape index (κ3) is 3.01. The summed E-state index contributed by atoms with van der Waals surface area (Å²) in [6.07, 6.45) is 3.42. The molecule has 1 N–H and O–H groups in total. The molecule has 2 nitrogen and oxygen atoms in total. The maximum Gasteiger partial charge on any atom is 0.115 e. The molecular weight excluding hydrogens is 242 g/mol. The number of rotatable bonds is 4. The van der Waals surface area contributed by atoms with Crippen LogP contribution in [0.15, 0.2) is 18.2 Å². The van der Waals surface area contributed by atoms with Gasteiger partial charge in [-0.1, -0.05) is 13.0 Å². The number of phenols is 1. The van der Waals surface area contributed by atoms with Gasteiger partial charge in [-0.05, 0) is 62.4 Å². The zero-order chi connectivity index (χ0) is 13.1. The quantitative estimate of drug-likeness (QED) is 0.905. The number of aromatic hydroxyl groups is 1. The maximum absolute atomic E-state index is 9.60. The first-order valence-corrected chi connectivity index (χ1v) is 7.75. The lowest BCUT2D eigenvalue weighted by atomic mass is 9.87. The zero-order valence-corrected chi connectivity index (χ0v) is 12.3. The average molecular weight is 265 g/mol. The number of benzene rings is 1. The van der Waals surface area contributed by atoms with Gasteiger partial charge in [0.25, 0.3) is 0 Å². The van der Waals surface area contributed by atoms with Crippen LogP contribution in [0.25, 0.3) is 0 Å². The van der Waals surface area contributed by atoms with Crippen LogP contribution >= 0.6 is 11.8 Å². The van der Waals surface area contributed by atoms with E-state index in [1.165, 1.54) is 23.3 Å². The van der Waals surface area contributed by atoms with E-state index >= 15 is 0 Å². The second-order valence-corrected chi connectivity index (χ2v) is 6.65. The van der Waals surface area contributed by atoms with E-state index in [2.05, 4.69) is 43.7 Å². The smallest absolute Gasteiger partial charge is 0.115 e. The first kappa shape index (κ1) is 13.8. The molecular formula is C15H23NOS. The van der Waals surface area contributed by atoms with Gasteiger partial charge in [-0.2, -0.15) is 11.8 Å². The molecule has 0 bridgehead atoms. The van der Waals surface area contributed by atoms with Crippen LogP contribution in [-0.4, -0.2) is 41.1 Å². The molecule has 2 atom stereocenters.